The molecule has 39 heavy (non-hydrogen) atoms. The summed E-state index contributed by atoms with van der Waals surface area (Å²) < 4.78 is 76.1. The first kappa shape index (κ1) is 28.6. The molecule has 210 valence electrons. The molecule has 3 atom stereocenters. The molecule has 0 saturated heterocycles. The summed E-state index contributed by atoms with van der Waals surface area (Å²) in [4.78, 5) is 23.7. The van der Waals surface area contributed by atoms with Crippen molar-refractivity contribution in [2.75, 3.05) is 13.7 Å². The Morgan fingerprint density at radius 2 is 1.97 bits per heavy atom. The number of nitrogens with one attached hydrogen (secondary N) is 2. The number of alkyl halides is 3. The lowest BCUT2D eigenvalue weighted by molar-refractivity contribution is -0.139. The van der Waals surface area contributed by atoms with E-state index in [9.17, 15) is 36.4 Å². The van der Waals surface area contributed by atoms with Crippen LogP contribution < -0.4 is 10.6 Å². The summed E-state index contributed by atoms with van der Waals surface area (Å²) in [5.74, 6) is -1.79. The lowest BCUT2D eigenvalue weighted by Gasteiger charge is -2.19. The van der Waals surface area contributed by atoms with E-state index >= 15 is 0 Å². The van der Waals surface area contributed by atoms with Crippen LogP contribution in [0, 0.1) is 17.2 Å². The van der Waals surface area contributed by atoms with Gasteiger partial charge in [-0.2, -0.15) is 23.5 Å². The molecule has 2 aliphatic carbocycles. The largest absolute Gasteiger partial charge is 0.417 e. The Bertz CT molecular complexity index is 1410. The number of nitriles is 1. The zero-order valence-electron chi connectivity index (χ0n) is 21.3. The van der Waals surface area contributed by atoms with Crippen molar-refractivity contribution in [3.8, 4) is 17.2 Å². The number of aromatic nitrogens is 2. The third-order valence-electron chi connectivity index (χ3n) is 7.10. The van der Waals surface area contributed by atoms with E-state index in [0.717, 1.165) is 12.1 Å². The molecule has 0 spiro atoms. The molecule has 2 saturated carbocycles. The van der Waals surface area contributed by atoms with Crippen molar-refractivity contribution in [3.63, 3.8) is 0 Å². The normalized spacial score (nSPS) is 22.2. The molecule has 2 amide bonds. The van der Waals surface area contributed by atoms with Crippen molar-refractivity contribution in [1.29, 1.82) is 5.26 Å². The molecule has 2 aliphatic rings. The van der Waals surface area contributed by atoms with Crippen LogP contribution in [0.25, 0.3) is 11.1 Å². The fourth-order valence-corrected chi connectivity index (χ4v) is 6.82. The fraction of sp³-hybridized carbons (Fsp3) is 0.520. The highest BCUT2D eigenvalue weighted by Gasteiger charge is 2.51. The Balaban J connectivity index is 1.61. The van der Waals surface area contributed by atoms with Gasteiger partial charge in [0.2, 0.25) is 11.8 Å². The zero-order chi connectivity index (χ0) is 28.6. The number of hydrogen-bond donors (Lipinski definition) is 2. The van der Waals surface area contributed by atoms with Gasteiger partial charge in [-0.05, 0) is 50.3 Å². The third kappa shape index (κ3) is 5.94. The standard InChI is InChI=1S/C25H28F3N5O5S/c1-3-30-22(34)13-33-12-16(11-31-33)15-4-5-21(19(8-15)25(26,27)28)39(36,37)17-9-18(20(10-17)38-2)23(35)32-24(14-29)6-7-24/h4-5,8,11-12,17-18,20H,3,6-7,9-10,13H2,1-2H3,(H,30,34)(H,32,35)/t17-,18?,20-/m0/s1. The highest BCUT2D eigenvalue weighted by atomic mass is 32.2. The maximum absolute atomic E-state index is 14.1. The number of carbonyl (C=O) groups is 2. The summed E-state index contributed by atoms with van der Waals surface area (Å²) in [5, 5.41) is 17.2. The third-order valence-corrected chi connectivity index (χ3v) is 9.33. The molecule has 2 N–H and O–H groups in total. The second-order valence-corrected chi connectivity index (χ2v) is 12.0. The van der Waals surface area contributed by atoms with Gasteiger partial charge in [-0.25, -0.2) is 8.42 Å². The van der Waals surface area contributed by atoms with Gasteiger partial charge in [0.25, 0.3) is 0 Å². The van der Waals surface area contributed by atoms with Crippen LogP contribution in [0.3, 0.4) is 0 Å². The number of ether oxygens (including phenoxy) is 1. The maximum Gasteiger partial charge on any atom is 0.417 e. The summed E-state index contributed by atoms with van der Waals surface area (Å²) in [6.45, 7) is 2.03. The molecule has 14 heteroatoms. The van der Waals surface area contributed by atoms with E-state index in [-0.39, 0.29) is 36.4 Å². The second-order valence-electron chi connectivity index (χ2n) is 9.79. The van der Waals surface area contributed by atoms with Crippen LogP contribution >= 0.6 is 0 Å². The van der Waals surface area contributed by atoms with Crippen molar-refractivity contribution >= 4 is 21.7 Å². The van der Waals surface area contributed by atoms with E-state index in [0.29, 0.717) is 19.4 Å². The van der Waals surface area contributed by atoms with Gasteiger partial charge in [0.15, 0.2) is 9.84 Å². The van der Waals surface area contributed by atoms with E-state index in [1.54, 1.807) is 6.92 Å². The van der Waals surface area contributed by atoms with Gasteiger partial charge in [0.05, 0.1) is 40.0 Å². The van der Waals surface area contributed by atoms with E-state index in [1.807, 2.05) is 6.07 Å². The van der Waals surface area contributed by atoms with Crippen LogP contribution in [-0.2, 0) is 36.9 Å². The molecule has 10 nitrogen and oxygen atoms in total. The molecule has 1 aromatic heterocycles. The smallest absolute Gasteiger partial charge is 0.381 e. The van der Waals surface area contributed by atoms with Gasteiger partial charge in [-0.3, -0.25) is 14.3 Å². The Labute approximate surface area is 223 Å². The molecule has 1 unspecified atom stereocenters. The number of nitrogens with zero attached hydrogens (tertiary/aromatic N) is 3. The van der Waals surface area contributed by atoms with Crippen LogP contribution in [0.4, 0.5) is 13.2 Å². The molecule has 4 rings (SSSR count). The van der Waals surface area contributed by atoms with Gasteiger partial charge >= 0.3 is 6.18 Å². The van der Waals surface area contributed by atoms with Gasteiger partial charge in [-0.1, -0.05) is 6.07 Å². The van der Waals surface area contributed by atoms with E-state index in [2.05, 4.69) is 15.7 Å². The van der Waals surface area contributed by atoms with Gasteiger partial charge < -0.3 is 15.4 Å². The highest BCUT2D eigenvalue weighted by Crippen LogP contribution is 2.43. The van der Waals surface area contributed by atoms with Crippen LogP contribution in [0.1, 0.15) is 38.2 Å². The molecule has 0 aliphatic heterocycles. The van der Waals surface area contributed by atoms with Crippen molar-refractivity contribution in [2.45, 2.75) is 67.1 Å². The lowest BCUT2D eigenvalue weighted by Crippen LogP contribution is -2.42. The first-order chi connectivity index (χ1) is 18.3. The highest BCUT2D eigenvalue weighted by molar-refractivity contribution is 7.92. The Hall–Kier alpha value is -3.44. The van der Waals surface area contributed by atoms with Gasteiger partial charge in [-0.15, -0.1) is 0 Å². The quantitative estimate of drug-likeness (QED) is 0.474. The summed E-state index contributed by atoms with van der Waals surface area (Å²) in [5.41, 5.74) is -1.95. The number of halogens is 3. The SMILES string of the molecule is CCNC(=O)Cn1cc(-c2ccc(S(=O)(=O)[C@H]3CC(C(=O)NC4(C#N)CC4)[C@@H](OC)C3)c(C(F)(F)F)c2)cn1. The first-order valence-corrected chi connectivity index (χ1v) is 13.9. The predicted octanol–water partition coefficient (Wildman–Crippen LogP) is 2.44. The lowest BCUT2D eigenvalue weighted by atomic mass is 10.0. The minimum Gasteiger partial charge on any atom is -0.381 e. The first-order valence-electron chi connectivity index (χ1n) is 12.3. The van der Waals surface area contributed by atoms with E-state index in [1.165, 1.54) is 30.3 Å². The Kier molecular flexibility index (Phi) is 7.77. The molecule has 1 heterocycles. The molecular weight excluding hydrogens is 539 g/mol. The molecule has 0 radical (unpaired) electrons. The summed E-state index contributed by atoms with van der Waals surface area (Å²) in [6.07, 6.45) is -2.57. The van der Waals surface area contributed by atoms with Gasteiger partial charge in [0, 0.05) is 25.4 Å². The van der Waals surface area contributed by atoms with Crippen LogP contribution in [0.15, 0.2) is 35.5 Å². The zero-order valence-corrected chi connectivity index (χ0v) is 22.1. The molecular formula is C25H28F3N5O5S. The van der Waals surface area contributed by atoms with E-state index in [4.69, 9.17) is 4.74 Å². The monoisotopic (exact) mass is 567 g/mol. The number of carbonyl (C=O) groups excluding carboxylic acids is 2. The van der Waals surface area contributed by atoms with Crippen molar-refractivity contribution in [2.24, 2.45) is 5.92 Å². The minimum atomic E-state index is -4.99. The maximum atomic E-state index is 14.1. The van der Waals surface area contributed by atoms with Crippen LogP contribution in [-0.4, -0.2) is 60.6 Å². The molecule has 2 fully saturated rings. The summed E-state index contributed by atoms with van der Waals surface area (Å²) in [6, 6.07) is 4.94. The minimum absolute atomic E-state index is 0.0769. The average molecular weight is 568 g/mol. The van der Waals surface area contributed by atoms with E-state index < -0.39 is 55.2 Å². The van der Waals surface area contributed by atoms with Crippen LogP contribution in [0.5, 0.6) is 0 Å². The number of sulfone groups is 1. The van der Waals surface area contributed by atoms with Crippen molar-refractivity contribution in [1.82, 2.24) is 20.4 Å². The van der Waals surface area contributed by atoms with Crippen molar-refractivity contribution < 1.29 is 35.9 Å². The number of rotatable bonds is 9. The number of amides is 2. The Morgan fingerprint density at radius 1 is 1.26 bits per heavy atom. The number of likely N-dealkylation sites (N-methyl/N-ethyl adjacent to an activating group) is 1. The molecule has 2 aromatic rings. The van der Waals surface area contributed by atoms with Crippen molar-refractivity contribution in [3.05, 3.63) is 36.2 Å². The summed E-state index contributed by atoms with van der Waals surface area (Å²) >= 11 is 0. The fourth-order valence-electron chi connectivity index (χ4n) is 4.82. The molecule has 0 bridgehead atoms. The number of hydrogen-bond acceptors (Lipinski definition) is 7. The molecule has 1 aromatic carbocycles. The van der Waals surface area contributed by atoms with Crippen LogP contribution in [0.2, 0.25) is 0 Å². The number of methoxy groups -OCH3 is 1. The average Bonchev–Trinajstić information content (AvgIpc) is 3.27. The second kappa shape index (κ2) is 10.6. The van der Waals surface area contributed by atoms with Gasteiger partial charge in [0.1, 0.15) is 12.1 Å². The summed E-state index contributed by atoms with van der Waals surface area (Å²) in [7, 11) is -3.23. The topological polar surface area (TPSA) is 143 Å². The number of benzene rings is 1. The predicted molar refractivity (Wildman–Crippen MR) is 132 cm³/mol. The Morgan fingerprint density at radius 3 is 2.56 bits per heavy atom.